The van der Waals surface area contributed by atoms with Gasteiger partial charge in [0.05, 0.1) is 5.75 Å². The first-order chi connectivity index (χ1) is 8.06. The van der Waals surface area contributed by atoms with E-state index in [-0.39, 0.29) is 5.75 Å². The Hall–Kier alpha value is -1.33. The lowest BCUT2D eigenvalue weighted by Gasteiger charge is -1.82. The van der Waals surface area contributed by atoms with Crippen LogP contribution in [0.4, 0.5) is 0 Å². The van der Waals surface area contributed by atoms with E-state index in [0.29, 0.717) is 0 Å². The molecule has 3 N–H and O–H groups in total. The third kappa shape index (κ3) is 36.5. The van der Waals surface area contributed by atoms with Crippen molar-refractivity contribution in [1.29, 1.82) is 0 Å². The van der Waals surface area contributed by atoms with E-state index < -0.39 is 20.5 Å². The van der Waals surface area contributed by atoms with E-state index in [2.05, 4.69) is 11.6 Å². The van der Waals surface area contributed by atoms with Crippen molar-refractivity contribution in [3.8, 4) is 0 Å². The molecule has 1 aromatic heterocycles. The highest BCUT2D eigenvalue weighted by molar-refractivity contribution is 7.85. The van der Waals surface area contributed by atoms with Crippen molar-refractivity contribution in [3.63, 3.8) is 0 Å². The lowest BCUT2D eigenvalue weighted by Crippen LogP contribution is -1.99. The molecule has 0 fully saturated rings. The molecule has 0 spiro atoms. The Kier molecular flexibility index (Phi) is 10.2. The van der Waals surface area contributed by atoms with Gasteiger partial charge >= 0.3 is 10.4 Å². The normalized spacial score (nSPS) is 10.2. The van der Waals surface area contributed by atoms with E-state index in [1.165, 1.54) is 0 Å². The second kappa shape index (κ2) is 9.67. The molecule has 0 aromatic carbocycles. The van der Waals surface area contributed by atoms with Crippen LogP contribution in [-0.4, -0.2) is 41.2 Å². The Morgan fingerprint density at radius 1 is 1.00 bits per heavy atom. The van der Waals surface area contributed by atoms with E-state index in [4.69, 9.17) is 22.1 Å². The lowest BCUT2D eigenvalue weighted by molar-refractivity contribution is 0.381. The smallest absolute Gasteiger partial charge is 0.285 e. The fraction of sp³-hybridized carbons (Fsp3) is 0.125. The van der Waals surface area contributed by atoms with Crippen LogP contribution in [0, 0.1) is 0 Å². The monoisotopic (exact) mass is 299 g/mol. The van der Waals surface area contributed by atoms with Gasteiger partial charge in [0.2, 0.25) is 0 Å². The second-order valence-corrected chi connectivity index (χ2v) is 4.90. The minimum atomic E-state index is -4.67. The molecule has 0 aliphatic heterocycles. The average molecular weight is 299 g/mol. The zero-order valence-corrected chi connectivity index (χ0v) is 10.7. The topological polar surface area (TPSA) is 142 Å². The Morgan fingerprint density at radius 2 is 1.39 bits per heavy atom. The molecule has 1 aromatic rings. The summed E-state index contributed by atoms with van der Waals surface area (Å²) in [7, 11) is -8.46. The van der Waals surface area contributed by atoms with Crippen molar-refractivity contribution in [3.05, 3.63) is 43.2 Å². The Balaban J connectivity index is 0. The lowest BCUT2D eigenvalue weighted by atomic mass is 10.5. The van der Waals surface area contributed by atoms with Crippen molar-refractivity contribution in [2.45, 2.75) is 0 Å². The SMILES string of the molecule is C=CCS(=O)(=O)O.O=S(=O)(O)O.c1ccncc1. The van der Waals surface area contributed by atoms with Gasteiger partial charge in [0.1, 0.15) is 0 Å². The van der Waals surface area contributed by atoms with Gasteiger partial charge in [-0.05, 0) is 12.1 Å². The number of nitrogens with zero attached hydrogens (tertiary/aromatic N) is 1. The van der Waals surface area contributed by atoms with Crippen LogP contribution in [0.25, 0.3) is 0 Å². The van der Waals surface area contributed by atoms with Crippen molar-refractivity contribution in [2.24, 2.45) is 0 Å². The highest BCUT2D eigenvalue weighted by atomic mass is 32.3. The molecule has 18 heavy (non-hydrogen) atoms. The van der Waals surface area contributed by atoms with Gasteiger partial charge in [0, 0.05) is 12.4 Å². The largest absolute Gasteiger partial charge is 0.394 e. The van der Waals surface area contributed by atoms with Gasteiger partial charge in [-0.25, -0.2) is 0 Å². The molecule has 0 radical (unpaired) electrons. The van der Waals surface area contributed by atoms with E-state index >= 15 is 0 Å². The highest BCUT2D eigenvalue weighted by Crippen LogP contribution is 1.78. The van der Waals surface area contributed by atoms with Crippen LogP contribution in [-0.2, 0) is 20.5 Å². The third-order valence-electron chi connectivity index (χ3n) is 0.895. The summed E-state index contributed by atoms with van der Waals surface area (Å²) in [5, 5.41) is 0. The van der Waals surface area contributed by atoms with Crippen LogP contribution in [0.3, 0.4) is 0 Å². The molecule has 0 unspecified atom stereocenters. The van der Waals surface area contributed by atoms with Crippen molar-refractivity contribution < 1.29 is 30.5 Å². The summed E-state index contributed by atoms with van der Waals surface area (Å²) >= 11 is 0. The number of hydrogen-bond donors (Lipinski definition) is 3. The minimum Gasteiger partial charge on any atom is -0.285 e. The minimum absolute atomic E-state index is 0.368. The van der Waals surface area contributed by atoms with Crippen molar-refractivity contribution >= 4 is 20.5 Å². The zero-order chi connectivity index (χ0) is 14.7. The molecular weight excluding hydrogens is 286 g/mol. The molecule has 0 saturated carbocycles. The molecule has 104 valence electrons. The molecular formula is C8H13NO7S2. The standard InChI is InChI=1S/C5H5N.C3H6O3S.H2O4S/c1-2-4-6-5-3-1;1-2-3-7(4,5)6;1-5(2,3)4/h1-5H;2H,1,3H2,(H,4,5,6);(H2,1,2,3,4). The Bertz CT molecular complexity index is 475. The number of rotatable bonds is 2. The van der Waals surface area contributed by atoms with E-state index in [9.17, 15) is 8.42 Å². The summed E-state index contributed by atoms with van der Waals surface area (Å²) in [5.41, 5.74) is 0. The highest BCUT2D eigenvalue weighted by Gasteiger charge is 1.95. The predicted octanol–water partition coefficient (Wildman–Crippen LogP) is 0.489. The van der Waals surface area contributed by atoms with Gasteiger partial charge < -0.3 is 0 Å². The van der Waals surface area contributed by atoms with Crippen LogP contribution in [0.15, 0.2) is 43.2 Å². The summed E-state index contributed by atoms with van der Waals surface area (Å²) in [6.07, 6.45) is 4.62. The third-order valence-corrected chi connectivity index (χ3v) is 1.55. The van der Waals surface area contributed by atoms with Crippen LogP contribution in [0.5, 0.6) is 0 Å². The maximum absolute atomic E-state index is 9.72. The molecule has 0 amide bonds. The predicted molar refractivity (Wildman–Crippen MR) is 65.0 cm³/mol. The maximum Gasteiger partial charge on any atom is 0.394 e. The number of aromatic nitrogens is 1. The van der Waals surface area contributed by atoms with Gasteiger partial charge in [-0.3, -0.25) is 18.6 Å². The fourth-order valence-corrected chi connectivity index (χ4v) is 0.759. The van der Waals surface area contributed by atoms with Gasteiger partial charge in [-0.15, -0.1) is 6.58 Å². The van der Waals surface area contributed by atoms with Gasteiger partial charge in [0.25, 0.3) is 10.1 Å². The molecule has 1 rings (SSSR count). The molecule has 8 nitrogen and oxygen atoms in total. The van der Waals surface area contributed by atoms with Crippen LogP contribution in [0.1, 0.15) is 0 Å². The quantitative estimate of drug-likeness (QED) is 0.529. The zero-order valence-electron chi connectivity index (χ0n) is 9.12. The first-order valence-electron chi connectivity index (χ1n) is 4.17. The fourth-order valence-electron chi connectivity index (χ4n) is 0.462. The summed E-state index contributed by atoms with van der Waals surface area (Å²) in [5.74, 6) is -0.368. The van der Waals surface area contributed by atoms with Gasteiger partial charge in [0.15, 0.2) is 0 Å². The Morgan fingerprint density at radius 3 is 1.44 bits per heavy atom. The van der Waals surface area contributed by atoms with Gasteiger partial charge in [-0.2, -0.15) is 16.8 Å². The maximum atomic E-state index is 9.72. The summed E-state index contributed by atoms with van der Waals surface area (Å²) in [4.78, 5) is 3.78. The molecule has 0 atom stereocenters. The molecule has 1 heterocycles. The van der Waals surface area contributed by atoms with Crippen molar-refractivity contribution in [2.75, 3.05) is 5.75 Å². The van der Waals surface area contributed by atoms with Crippen LogP contribution in [0.2, 0.25) is 0 Å². The number of pyridine rings is 1. The van der Waals surface area contributed by atoms with Crippen LogP contribution >= 0.6 is 0 Å². The van der Waals surface area contributed by atoms with E-state index in [1.807, 2.05) is 18.2 Å². The van der Waals surface area contributed by atoms with E-state index in [0.717, 1.165) is 6.08 Å². The molecule has 0 aliphatic carbocycles. The summed E-state index contributed by atoms with van der Waals surface area (Å²) < 4.78 is 58.9. The number of hydrogen-bond acceptors (Lipinski definition) is 5. The summed E-state index contributed by atoms with van der Waals surface area (Å²) in [6, 6.07) is 5.72. The molecule has 10 heteroatoms. The Labute approximate surface area is 105 Å². The van der Waals surface area contributed by atoms with E-state index in [1.54, 1.807) is 12.4 Å². The van der Waals surface area contributed by atoms with Crippen molar-refractivity contribution in [1.82, 2.24) is 4.98 Å². The van der Waals surface area contributed by atoms with Crippen LogP contribution < -0.4 is 0 Å². The average Bonchev–Trinajstić information content (AvgIpc) is 2.16. The first kappa shape index (κ1) is 19.0. The van der Waals surface area contributed by atoms with Gasteiger partial charge in [-0.1, -0.05) is 12.1 Å². The molecule has 0 aliphatic rings. The molecule has 0 bridgehead atoms. The second-order valence-electron chi connectivity index (χ2n) is 2.51. The first-order valence-corrected chi connectivity index (χ1v) is 7.18. The molecule has 0 saturated heterocycles. The summed E-state index contributed by atoms with van der Waals surface area (Å²) in [6.45, 7) is 3.11.